The van der Waals surface area contributed by atoms with Crippen LogP contribution in [0.1, 0.15) is 6.42 Å². The summed E-state index contributed by atoms with van der Waals surface area (Å²) in [6, 6.07) is 0. The van der Waals surface area contributed by atoms with Gasteiger partial charge in [-0.25, -0.2) is 0 Å². The Hall–Kier alpha value is -0.680. The molecule has 0 amide bonds. The third-order valence-corrected chi connectivity index (χ3v) is 1.86. The third-order valence-electron chi connectivity index (χ3n) is 1.86. The first-order chi connectivity index (χ1) is 5.24. The summed E-state index contributed by atoms with van der Waals surface area (Å²) < 4.78 is 4.89. The molecule has 0 aliphatic carbocycles. The number of ether oxygens (including phenoxy) is 1. The molecular weight excluding hydrogens is 148 g/mol. The van der Waals surface area contributed by atoms with E-state index in [1.54, 1.807) is 7.11 Å². The fraction of sp³-hybridized carbons (Fsp3) is 1.00. The lowest BCUT2D eigenvalue weighted by atomic mass is 10.1. The number of hydrogen-bond acceptors (Lipinski definition) is 4. The van der Waals surface area contributed by atoms with E-state index in [0.717, 1.165) is 0 Å². The Bertz CT molecular complexity index is 151. The van der Waals surface area contributed by atoms with Crippen LogP contribution >= 0.6 is 0 Å². The number of nitrogens with one attached hydrogen (secondary N) is 1. The molecule has 1 heterocycles. The van der Waals surface area contributed by atoms with Gasteiger partial charge in [0.25, 0.3) is 6.17 Å². The Morgan fingerprint density at radius 2 is 2.55 bits per heavy atom. The Kier molecular flexibility index (Phi) is 2.78. The monoisotopic (exact) mass is 160 g/mol. The first kappa shape index (κ1) is 8.42. The number of nitro groups is 1. The van der Waals surface area contributed by atoms with Crippen LogP contribution in [0.4, 0.5) is 0 Å². The highest BCUT2D eigenvalue weighted by atomic mass is 16.6. The van der Waals surface area contributed by atoms with Crippen molar-refractivity contribution in [1.29, 1.82) is 0 Å². The van der Waals surface area contributed by atoms with E-state index in [1.165, 1.54) is 0 Å². The quantitative estimate of drug-likeness (QED) is 0.460. The van der Waals surface area contributed by atoms with Gasteiger partial charge in [0.2, 0.25) is 0 Å². The summed E-state index contributed by atoms with van der Waals surface area (Å²) in [4.78, 5) is 9.97. The second-order valence-corrected chi connectivity index (χ2v) is 2.77. The summed E-state index contributed by atoms with van der Waals surface area (Å²) in [6.45, 7) is 1.30. The van der Waals surface area contributed by atoms with Gasteiger partial charge >= 0.3 is 0 Å². The molecule has 1 fully saturated rings. The normalized spacial score (nSPS) is 30.6. The van der Waals surface area contributed by atoms with Crippen LogP contribution in [0.3, 0.4) is 0 Å². The number of hydrogen-bond donors (Lipinski definition) is 1. The van der Waals surface area contributed by atoms with Gasteiger partial charge in [-0.05, 0) is 0 Å². The highest BCUT2D eigenvalue weighted by Gasteiger charge is 2.31. The zero-order valence-corrected chi connectivity index (χ0v) is 6.45. The average molecular weight is 160 g/mol. The van der Waals surface area contributed by atoms with Crippen molar-refractivity contribution in [3.05, 3.63) is 10.1 Å². The number of rotatable bonds is 3. The van der Waals surface area contributed by atoms with Crippen molar-refractivity contribution in [3.8, 4) is 0 Å². The molecule has 2 unspecified atom stereocenters. The van der Waals surface area contributed by atoms with Gasteiger partial charge in [0.1, 0.15) is 0 Å². The maximum absolute atomic E-state index is 10.3. The standard InChI is InChI=1S/C6H12N2O3/c1-11-4-5-2-6(7-3-5)8(9)10/h5-7H,2-4H2,1H3. The third kappa shape index (κ3) is 2.13. The maximum atomic E-state index is 10.3. The molecule has 2 atom stereocenters. The van der Waals surface area contributed by atoms with Crippen molar-refractivity contribution >= 4 is 0 Å². The van der Waals surface area contributed by atoms with Gasteiger partial charge in [-0.3, -0.25) is 15.4 Å². The summed E-state index contributed by atoms with van der Waals surface area (Å²) in [7, 11) is 1.61. The minimum atomic E-state index is -0.560. The van der Waals surface area contributed by atoms with Gasteiger partial charge < -0.3 is 4.74 Å². The summed E-state index contributed by atoms with van der Waals surface area (Å²) in [5.74, 6) is 0.301. The molecule has 0 aromatic rings. The van der Waals surface area contributed by atoms with E-state index in [2.05, 4.69) is 5.32 Å². The van der Waals surface area contributed by atoms with Crippen LogP contribution in [0.2, 0.25) is 0 Å². The predicted molar refractivity (Wildman–Crippen MR) is 38.8 cm³/mol. The Balaban J connectivity index is 2.29. The molecule has 5 nitrogen and oxygen atoms in total. The summed E-state index contributed by atoms with van der Waals surface area (Å²) in [5.41, 5.74) is 0. The van der Waals surface area contributed by atoms with Crippen molar-refractivity contribution in [2.75, 3.05) is 20.3 Å². The molecule has 0 bridgehead atoms. The highest BCUT2D eigenvalue weighted by Crippen LogP contribution is 2.13. The molecule has 0 saturated carbocycles. The highest BCUT2D eigenvalue weighted by molar-refractivity contribution is 4.74. The molecule has 64 valence electrons. The van der Waals surface area contributed by atoms with E-state index in [0.29, 0.717) is 25.5 Å². The van der Waals surface area contributed by atoms with Crippen molar-refractivity contribution in [1.82, 2.24) is 5.32 Å². The fourth-order valence-corrected chi connectivity index (χ4v) is 1.31. The van der Waals surface area contributed by atoms with Gasteiger partial charge in [-0.15, -0.1) is 0 Å². The number of nitrogens with zero attached hydrogens (tertiary/aromatic N) is 1. The number of methoxy groups -OCH3 is 1. The van der Waals surface area contributed by atoms with Crippen molar-refractivity contribution in [2.45, 2.75) is 12.6 Å². The van der Waals surface area contributed by atoms with E-state index < -0.39 is 6.17 Å². The van der Waals surface area contributed by atoms with Crippen LogP contribution in [0, 0.1) is 16.0 Å². The Labute approximate surface area is 64.9 Å². The summed E-state index contributed by atoms with van der Waals surface area (Å²) in [5, 5.41) is 13.1. The van der Waals surface area contributed by atoms with Crippen molar-refractivity contribution in [3.63, 3.8) is 0 Å². The lowest BCUT2D eigenvalue weighted by molar-refractivity contribution is -0.526. The van der Waals surface area contributed by atoms with Crippen LogP contribution in [0.25, 0.3) is 0 Å². The second-order valence-electron chi connectivity index (χ2n) is 2.77. The van der Waals surface area contributed by atoms with E-state index in [1.807, 2.05) is 0 Å². The van der Waals surface area contributed by atoms with E-state index in [9.17, 15) is 10.1 Å². The van der Waals surface area contributed by atoms with E-state index >= 15 is 0 Å². The minimum absolute atomic E-state index is 0.282. The second kappa shape index (κ2) is 3.64. The zero-order valence-electron chi connectivity index (χ0n) is 6.45. The molecule has 11 heavy (non-hydrogen) atoms. The summed E-state index contributed by atoms with van der Waals surface area (Å²) in [6.07, 6.45) is 0.0241. The van der Waals surface area contributed by atoms with Gasteiger partial charge in [0, 0.05) is 30.9 Å². The molecule has 1 aliphatic rings. The van der Waals surface area contributed by atoms with Crippen molar-refractivity contribution < 1.29 is 9.66 Å². The molecule has 0 aromatic carbocycles. The van der Waals surface area contributed by atoms with Crippen LogP contribution < -0.4 is 5.32 Å². The molecule has 0 spiro atoms. The van der Waals surface area contributed by atoms with Gasteiger partial charge in [0.15, 0.2) is 0 Å². The van der Waals surface area contributed by atoms with Crippen LogP contribution in [-0.4, -0.2) is 31.4 Å². The first-order valence-corrected chi connectivity index (χ1v) is 3.60. The van der Waals surface area contributed by atoms with Crippen LogP contribution in [0.5, 0.6) is 0 Å². The Morgan fingerprint density at radius 1 is 1.82 bits per heavy atom. The first-order valence-electron chi connectivity index (χ1n) is 3.60. The van der Waals surface area contributed by atoms with E-state index in [-0.39, 0.29) is 4.92 Å². The van der Waals surface area contributed by atoms with Gasteiger partial charge in [-0.2, -0.15) is 0 Å². The van der Waals surface area contributed by atoms with E-state index in [4.69, 9.17) is 4.74 Å². The Morgan fingerprint density at radius 3 is 3.00 bits per heavy atom. The molecule has 0 aromatic heterocycles. The smallest absolute Gasteiger partial charge is 0.266 e. The molecular formula is C6H12N2O3. The van der Waals surface area contributed by atoms with Gasteiger partial charge in [-0.1, -0.05) is 0 Å². The zero-order chi connectivity index (χ0) is 8.27. The lowest BCUT2D eigenvalue weighted by Crippen LogP contribution is -2.29. The molecule has 0 radical (unpaired) electrons. The minimum Gasteiger partial charge on any atom is -0.384 e. The SMILES string of the molecule is COCC1CNC([N+](=O)[O-])C1. The van der Waals surface area contributed by atoms with Crippen LogP contribution in [0.15, 0.2) is 0 Å². The van der Waals surface area contributed by atoms with Crippen molar-refractivity contribution in [2.24, 2.45) is 5.92 Å². The molecule has 1 N–H and O–H groups in total. The summed E-state index contributed by atoms with van der Waals surface area (Å²) >= 11 is 0. The fourth-order valence-electron chi connectivity index (χ4n) is 1.31. The van der Waals surface area contributed by atoms with Gasteiger partial charge in [0.05, 0.1) is 6.61 Å². The lowest BCUT2D eigenvalue weighted by Gasteiger charge is -2.03. The molecule has 5 heteroatoms. The molecule has 1 saturated heterocycles. The largest absolute Gasteiger partial charge is 0.384 e. The van der Waals surface area contributed by atoms with Crippen LogP contribution in [-0.2, 0) is 4.74 Å². The topological polar surface area (TPSA) is 64.4 Å². The predicted octanol–water partition coefficient (Wildman–Crippen LogP) is -0.155. The maximum Gasteiger partial charge on any atom is 0.266 e. The molecule has 1 aliphatic heterocycles. The molecule has 1 rings (SSSR count). The average Bonchev–Trinajstić information content (AvgIpc) is 2.37.